The van der Waals surface area contributed by atoms with Crippen molar-refractivity contribution in [3.05, 3.63) is 0 Å². The van der Waals surface area contributed by atoms with E-state index < -0.39 is 0 Å². The van der Waals surface area contributed by atoms with Crippen LogP contribution in [0.4, 0.5) is 0 Å². The Morgan fingerprint density at radius 3 is 1.25 bits per heavy atom. The van der Waals surface area contributed by atoms with Gasteiger partial charge in [-0.2, -0.15) is 9.90 Å². The molecule has 0 spiro atoms. The van der Waals surface area contributed by atoms with Gasteiger partial charge in [0.25, 0.3) is 0 Å². The summed E-state index contributed by atoms with van der Waals surface area (Å²) in [6.07, 6.45) is 0. The predicted molar refractivity (Wildman–Crippen MR) is 11.8 cm³/mol. The zero-order valence-corrected chi connectivity index (χ0v) is 6.79. The van der Waals surface area contributed by atoms with Crippen LogP contribution >= 0.6 is 9.90 Å². The SMILES string of the molecule is P.[Ni].[O]=[Zr]. The molecule has 0 aliphatic rings. The summed E-state index contributed by atoms with van der Waals surface area (Å²) in [5.41, 5.74) is 0. The topological polar surface area (TPSA) is 17.1 Å². The van der Waals surface area contributed by atoms with Crippen LogP contribution in [-0.4, -0.2) is 0 Å². The van der Waals surface area contributed by atoms with Crippen molar-refractivity contribution >= 4 is 9.90 Å². The van der Waals surface area contributed by atoms with Gasteiger partial charge in [0.2, 0.25) is 0 Å². The van der Waals surface area contributed by atoms with Crippen molar-refractivity contribution in [2.24, 2.45) is 0 Å². The van der Waals surface area contributed by atoms with Gasteiger partial charge in [0.05, 0.1) is 0 Å². The molecule has 0 heterocycles. The molecule has 0 bridgehead atoms. The van der Waals surface area contributed by atoms with Gasteiger partial charge in [-0.3, -0.25) is 0 Å². The summed E-state index contributed by atoms with van der Waals surface area (Å²) < 4.78 is 8.34. The van der Waals surface area contributed by atoms with E-state index in [0.29, 0.717) is 24.7 Å². The van der Waals surface area contributed by atoms with Crippen LogP contribution in [-0.2, 0) is 44.0 Å². The summed E-state index contributed by atoms with van der Waals surface area (Å²) in [5.74, 6) is 0. The Bertz CT molecular complexity index is 8.00. The molecule has 0 fully saturated rings. The van der Waals surface area contributed by atoms with E-state index in [-0.39, 0.29) is 26.4 Å². The second-order valence-corrected chi connectivity index (χ2v) is 0. The average molecular weight is 200 g/mol. The summed E-state index contributed by atoms with van der Waals surface area (Å²) >= 11 is 0.300. The van der Waals surface area contributed by atoms with Gasteiger partial charge in [0.1, 0.15) is 0 Å². The average Bonchev–Trinajstić information content (AvgIpc) is 1.00. The Balaban J connectivity index is -0.00000000500. The zero-order valence-electron chi connectivity index (χ0n) is 1.93. The van der Waals surface area contributed by atoms with E-state index in [0.717, 1.165) is 0 Å². The van der Waals surface area contributed by atoms with E-state index in [1.165, 1.54) is 0 Å². The minimum absolute atomic E-state index is 0. The van der Waals surface area contributed by atoms with Crippen LogP contribution in [0.5, 0.6) is 0 Å². The van der Waals surface area contributed by atoms with Gasteiger partial charge in [0, 0.05) is 16.5 Å². The van der Waals surface area contributed by atoms with Crippen LogP contribution in [0, 0.1) is 0 Å². The maximum atomic E-state index is 8.34. The summed E-state index contributed by atoms with van der Waals surface area (Å²) in [6.45, 7) is 0. The molecule has 0 aromatic heterocycles. The number of hydrogen-bond acceptors (Lipinski definition) is 1. The molecule has 0 amide bonds. The van der Waals surface area contributed by atoms with Crippen molar-refractivity contribution in [1.82, 2.24) is 0 Å². The van der Waals surface area contributed by atoms with Crippen LogP contribution in [0.2, 0.25) is 0 Å². The fraction of sp³-hybridized carbons (Fsp3) is 0. The van der Waals surface area contributed by atoms with E-state index in [1.807, 2.05) is 0 Å². The molecule has 0 saturated heterocycles. The monoisotopic (exact) mass is 198 g/mol. The molecular formula is H3NiOPZr. The van der Waals surface area contributed by atoms with E-state index in [9.17, 15) is 0 Å². The molecule has 0 aromatic rings. The molecule has 0 aromatic carbocycles. The van der Waals surface area contributed by atoms with Crippen molar-refractivity contribution in [3.63, 3.8) is 0 Å². The summed E-state index contributed by atoms with van der Waals surface area (Å²) in [7, 11) is 0. The standard InChI is InChI=1S/Ni.O.H3P.Zr/h;;1H3;. The van der Waals surface area contributed by atoms with Gasteiger partial charge in [0.15, 0.2) is 0 Å². The van der Waals surface area contributed by atoms with Crippen LogP contribution in [0.15, 0.2) is 0 Å². The molecule has 0 rings (SSSR count). The van der Waals surface area contributed by atoms with Gasteiger partial charge < -0.3 is 0 Å². The van der Waals surface area contributed by atoms with Gasteiger partial charge in [-0.05, 0) is 0 Å². The molecule has 4 heteroatoms. The van der Waals surface area contributed by atoms with E-state index >= 15 is 0 Å². The molecule has 0 N–H and O–H groups in total. The number of hydrogen-bond donors (Lipinski definition) is 0. The first-order chi connectivity index (χ1) is 1.00. The van der Waals surface area contributed by atoms with Crippen molar-refractivity contribution in [1.29, 1.82) is 0 Å². The fourth-order valence-corrected chi connectivity index (χ4v) is 0. The van der Waals surface area contributed by atoms with Crippen molar-refractivity contribution in [2.45, 2.75) is 0 Å². The number of rotatable bonds is 0. The minimum atomic E-state index is 0. The van der Waals surface area contributed by atoms with Gasteiger partial charge in [-0.1, -0.05) is 0 Å². The third-order valence-corrected chi connectivity index (χ3v) is 0. The van der Waals surface area contributed by atoms with Gasteiger partial charge in [-0.15, -0.1) is 0 Å². The Labute approximate surface area is 53.8 Å². The molecule has 1 atom stereocenters. The maximum absolute atomic E-state index is 8.34. The Morgan fingerprint density at radius 2 is 1.25 bits per heavy atom. The molecule has 0 aliphatic heterocycles. The van der Waals surface area contributed by atoms with Crippen molar-refractivity contribution in [3.8, 4) is 0 Å². The normalized spacial score (nSPS) is 0.750. The second kappa shape index (κ2) is 23.2. The molecule has 1 unspecified atom stereocenters. The zero-order chi connectivity index (χ0) is 2.00. The summed E-state index contributed by atoms with van der Waals surface area (Å²) in [6, 6.07) is 0. The first-order valence-corrected chi connectivity index (χ1v) is 1.21. The third-order valence-electron chi connectivity index (χ3n) is 0. The quantitative estimate of drug-likeness (QED) is 0.395. The van der Waals surface area contributed by atoms with Crippen molar-refractivity contribution < 1.29 is 44.0 Å². The molecule has 4 heavy (non-hydrogen) atoms. The van der Waals surface area contributed by atoms with Crippen molar-refractivity contribution in [2.75, 3.05) is 0 Å². The second-order valence-electron chi connectivity index (χ2n) is 0. The predicted octanol–water partition coefficient (Wildman–Crippen LogP) is -0.0657. The van der Waals surface area contributed by atoms with E-state index in [2.05, 4.69) is 0 Å². The Kier molecular flexibility index (Phi) is 102. The first kappa shape index (κ1) is 17.5. The van der Waals surface area contributed by atoms with Gasteiger partial charge in [-0.25, -0.2) is 0 Å². The summed E-state index contributed by atoms with van der Waals surface area (Å²) in [4.78, 5) is 0. The fourth-order valence-electron chi connectivity index (χ4n) is 0. The van der Waals surface area contributed by atoms with Crippen LogP contribution < -0.4 is 0 Å². The van der Waals surface area contributed by atoms with E-state index in [4.69, 9.17) is 2.81 Å². The molecular weight excluding hydrogens is 197 g/mol. The van der Waals surface area contributed by atoms with E-state index in [1.54, 1.807) is 0 Å². The Hall–Kier alpha value is 1.61. The molecule has 0 radical (unpaired) electrons. The molecule has 28 valence electrons. The van der Waals surface area contributed by atoms with Crippen LogP contribution in [0.25, 0.3) is 0 Å². The van der Waals surface area contributed by atoms with Crippen LogP contribution in [0.3, 0.4) is 0 Å². The summed E-state index contributed by atoms with van der Waals surface area (Å²) in [5, 5.41) is 0. The Morgan fingerprint density at radius 1 is 1.25 bits per heavy atom. The molecule has 0 aliphatic carbocycles. The molecule has 1 nitrogen and oxygen atoms in total. The van der Waals surface area contributed by atoms with Gasteiger partial charge >= 0.3 is 27.5 Å². The first-order valence-electron chi connectivity index (χ1n) is 0.204. The van der Waals surface area contributed by atoms with Crippen LogP contribution in [0.1, 0.15) is 0 Å². The molecule has 0 saturated carbocycles. The third kappa shape index (κ3) is 9.49.